The van der Waals surface area contributed by atoms with Gasteiger partial charge in [0.05, 0.1) is 6.17 Å². The molecule has 3 unspecified atom stereocenters. The molecule has 0 bridgehead atoms. The third-order valence-corrected chi connectivity index (χ3v) is 4.81. The number of carboxylic acid groups (broad SMARTS) is 1. The number of nitrogens with one attached hydrogen (secondary N) is 1. The lowest BCUT2D eigenvalue weighted by Crippen LogP contribution is -2.71. The Bertz CT molecular complexity index is 742. The first-order valence-corrected chi connectivity index (χ1v) is 8.00. The summed E-state index contributed by atoms with van der Waals surface area (Å²) in [6, 6.07) is 7.61. The average molecular weight is 345 g/mol. The molecule has 0 saturated carbocycles. The van der Waals surface area contributed by atoms with Crippen molar-refractivity contribution in [2.24, 2.45) is 5.73 Å². The Morgan fingerprint density at radius 2 is 2.04 bits per heavy atom. The van der Waals surface area contributed by atoms with E-state index in [2.05, 4.69) is 15.3 Å². The predicted octanol–water partition coefficient (Wildman–Crippen LogP) is 1.48. The second kappa shape index (κ2) is 6.73. The van der Waals surface area contributed by atoms with Gasteiger partial charge in [-0.25, -0.2) is 19.2 Å². The Balaban J connectivity index is 2.20. The fourth-order valence-corrected chi connectivity index (χ4v) is 3.56. The number of amides is 1. The number of halogens is 1. The standard InChI is InChI=1S/C17H20FN5O2/c1-11(12-3-5-13(18)6-4-12)17(15-21-7-2-8-22-15)14(19)20-9-10-23(17)16(24)25/h2-8,11,14,20H,9-10,19H2,1H3,(H,24,25). The number of nitrogens with two attached hydrogens (primary N) is 1. The quantitative estimate of drug-likeness (QED) is 0.778. The van der Waals surface area contributed by atoms with Gasteiger partial charge in [-0.2, -0.15) is 0 Å². The Morgan fingerprint density at radius 1 is 1.40 bits per heavy atom. The number of rotatable bonds is 3. The van der Waals surface area contributed by atoms with Crippen LogP contribution < -0.4 is 11.1 Å². The molecular formula is C17H20FN5O2. The number of benzene rings is 1. The van der Waals surface area contributed by atoms with Crippen molar-refractivity contribution in [1.82, 2.24) is 20.2 Å². The van der Waals surface area contributed by atoms with E-state index in [1.807, 2.05) is 6.92 Å². The van der Waals surface area contributed by atoms with Crippen molar-refractivity contribution >= 4 is 6.09 Å². The molecule has 2 aromatic rings. The minimum atomic E-state index is -1.22. The summed E-state index contributed by atoms with van der Waals surface area (Å²) < 4.78 is 13.3. The van der Waals surface area contributed by atoms with Crippen LogP contribution in [0.4, 0.5) is 9.18 Å². The summed E-state index contributed by atoms with van der Waals surface area (Å²) in [5.74, 6) is -0.453. The van der Waals surface area contributed by atoms with Crippen LogP contribution in [0.3, 0.4) is 0 Å². The molecule has 1 saturated heterocycles. The van der Waals surface area contributed by atoms with Crippen molar-refractivity contribution in [3.63, 3.8) is 0 Å². The third kappa shape index (κ3) is 2.83. The van der Waals surface area contributed by atoms with Gasteiger partial charge in [0.2, 0.25) is 0 Å². The van der Waals surface area contributed by atoms with Crippen LogP contribution in [-0.4, -0.2) is 45.3 Å². The highest BCUT2D eigenvalue weighted by Gasteiger charge is 2.55. The second-order valence-corrected chi connectivity index (χ2v) is 6.04. The van der Waals surface area contributed by atoms with Crippen LogP contribution in [-0.2, 0) is 5.54 Å². The SMILES string of the molecule is CC(c1ccc(F)cc1)C1(c2ncccn2)C(N)NCCN1C(=O)O. The van der Waals surface area contributed by atoms with Crippen molar-refractivity contribution in [2.75, 3.05) is 13.1 Å². The zero-order valence-corrected chi connectivity index (χ0v) is 13.8. The third-order valence-electron chi connectivity index (χ3n) is 4.81. The molecule has 1 amide bonds. The number of hydrogen-bond acceptors (Lipinski definition) is 5. The molecule has 0 radical (unpaired) electrons. The fraction of sp³-hybridized carbons (Fsp3) is 0.353. The van der Waals surface area contributed by atoms with E-state index < -0.39 is 23.7 Å². The summed E-state index contributed by atoms with van der Waals surface area (Å²) in [6.07, 6.45) is 1.30. The van der Waals surface area contributed by atoms with Crippen molar-refractivity contribution < 1.29 is 14.3 Å². The predicted molar refractivity (Wildman–Crippen MR) is 89.2 cm³/mol. The highest BCUT2D eigenvalue weighted by molar-refractivity contribution is 5.67. The summed E-state index contributed by atoms with van der Waals surface area (Å²) in [5, 5.41) is 13.0. The smallest absolute Gasteiger partial charge is 0.408 e. The van der Waals surface area contributed by atoms with E-state index in [1.54, 1.807) is 30.6 Å². The van der Waals surface area contributed by atoms with Crippen molar-refractivity contribution in [2.45, 2.75) is 24.5 Å². The molecule has 1 aliphatic rings. The normalized spacial score (nSPS) is 24.8. The van der Waals surface area contributed by atoms with Gasteiger partial charge in [-0.15, -0.1) is 0 Å². The van der Waals surface area contributed by atoms with Gasteiger partial charge in [0.25, 0.3) is 0 Å². The monoisotopic (exact) mass is 345 g/mol. The maximum atomic E-state index is 13.3. The first kappa shape index (κ1) is 17.2. The van der Waals surface area contributed by atoms with Crippen LogP contribution in [0.25, 0.3) is 0 Å². The number of piperazine rings is 1. The maximum absolute atomic E-state index is 13.3. The molecule has 0 aliphatic carbocycles. The number of aromatic nitrogens is 2. The Morgan fingerprint density at radius 3 is 2.64 bits per heavy atom. The van der Waals surface area contributed by atoms with Gasteiger partial charge in [-0.05, 0) is 23.8 Å². The van der Waals surface area contributed by atoms with Crippen molar-refractivity contribution in [3.05, 3.63) is 59.9 Å². The first-order valence-electron chi connectivity index (χ1n) is 8.00. The van der Waals surface area contributed by atoms with Crippen molar-refractivity contribution in [3.8, 4) is 0 Å². The summed E-state index contributed by atoms with van der Waals surface area (Å²) in [4.78, 5) is 21.9. The zero-order chi connectivity index (χ0) is 18.0. The lowest BCUT2D eigenvalue weighted by atomic mass is 9.74. The van der Waals surface area contributed by atoms with Crippen LogP contribution in [0.1, 0.15) is 24.2 Å². The minimum absolute atomic E-state index is 0.243. The molecule has 7 nitrogen and oxygen atoms in total. The maximum Gasteiger partial charge on any atom is 0.408 e. The molecule has 1 aromatic carbocycles. The molecule has 1 aromatic heterocycles. The summed E-state index contributed by atoms with van der Waals surface area (Å²) >= 11 is 0. The van der Waals surface area contributed by atoms with Gasteiger partial charge < -0.3 is 10.8 Å². The van der Waals surface area contributed by atoms with Gasteiger partial charge in [-0.3, -0.25) is 10.2 Å². The number of carbonyl (C=O) groups is 1. The van der Waals surface area contributed by atoms with E-state index >= 15 is 0 Å². The zero-order valence-electron chi connectivity index (χ0n) is 13.8. The summed E-state index contributed by atoms with van der Waals surface area (Å²) in [5.41, 5.74) is 5.90. The Kier molecular flexibility index (Phi) is 4.65. The minimum Gasteiger partial charge on any atom is -0.465 e. The van der Waals surface area contributed by atoms with Crippen LogP contribution in [0, 0.1) is 5.82 Å². The molecule has 25 heavy (non-hydrogen) atoms. The van der Waals surface area contributed by atoms with Crippen LogP contribution in [0.15, 0.2) is 42.7 Å². The topological polar surface area (TPSA) is 104 Å². The van der Waals surface area contributed by atoms with E-state index in [4.69, 9.17) is 5.73 Å². The molecule has 0 spiro atoms. The molecule has 4 N–H and O–H groups in total. The first-order chi connectivity index (χ1) is 12.0. The Labute approximate surface area is 144 Å². The van der Waals surface area contributed by atoms with E-state index in [0.29, 0.717) is 12.4 Å². The van der Waals surface area contributed by atoms with E-state index in [1.165, 1.54) is 17.0 Å². The molecule has 1 fully saturated rings. The molecule has 3 atom stereocenters. The van der Waals surface area contributed by atoms with E-state index in [0.717, 1.165) is 5.56 Å². The fourth-order valence-electron chi connectivity index (χ4n) is 3.56. The lowest BCUT2D eigenvalue weighted by Gasteiger charge is -2.51. The molecule has 2 heterocycles. The van der Waals surface area contributed by atoms with E-state index in [9.17, 15) is 14.3 Å². The average Bonchev–Trinajstić information content (AvgIpc) is 2.62. The Hall–Kier alpha value is -2.58. The second-order valence-electron chi connectivity index (χ2n) is 6.04. The lowest BCUT2D eigenvalue weighted by molar-refractivity contribution is 0.00237. The van der Waals surface area contributed by atoms with Gasteiger partial charge >= 0.3 is 6.09 Å². The summed E-state index contributed by atoms with van der Waals surface area (Å²) in [7, 11) is 0. The summed E-state index contributed by atoms with van der Waals surface area (Å²) in [6.45, 7) is 2.53. The van der Waals surface area contributed by atoms with Crippen LogP contribution in [0.5, 0.6) is 0 Å². The molecule has 132 valence electrons. The highest BCUT2D eigenvalue weighted by Crippen LogP contribution is 2.43. The molecule has 3 rings (SSSR count). The molecule has 1 aliphatic heterocycles. The van der Waals surface area contributed by atoms with Crippen LogP contribution in [0.2, 0.25) is 0 Å². The molecule has 8 heteroatoms. The van der Waals surface area contributed by atoms with Gasteiger partial charge in [0.1, 0.15) is 11.4 Å². The van der Waals surface area contributed by atoms with Crippen molar-refractivity contribution in [1.29, 1.82) is 0 Å². The largest absolute Gasteiger partial charge is 0.465 e. The van der Waals surface area contributed by atoms with Gasteiger partial charge in [0, 0.05) is 31.4 Å². The van der Waals surface area contributed by atoms with Crippen LogP contribution >= 0.6 is 0 Å². The van der Waals surface area contributed by atoms with Gasteiger partial charge in [0.15, 0.2) is 5.82 Å². The van der Waals surface area contributed by atoms with Gasteiger partial charge in [-0.1, -0.05) is 19.1 Å². The molecular weight excluding hydrogens is 325 g/mol. The number of nitrogens with zero attached hydrogens (tertiary/aromatic N) is 3. The van der Waals surface area contributed by atoms with E-state index in [-0.39, 0.29) is 12.4 Å². The highest BCUT2D eigenvalue weighted by atomic mass is 19.1. The number of hydrogen-bond donors (Lipinski definition) is 3.